The second kappa shape index (κ2) is 18.8. The van der Waals surface area contributed by atoms with Crippen LogP contribution in [0.4, 0.5) is 28.4 Å². The summed E-state index contributed by atoms with van der Waals surface area (Å²) >= 11 is 0. The normalized spacial score (nSPS) is 17.4. The van der Waals surface area contributed by atoms with Crippen LogP contribution >= 0.6 is 10.0 Å². The molecule has 320 valence electrons. The molecular weight excluding hydrogens is 768 g/mol. The summed E-state index contributed by atoms with van der Waals surface area (Å²) in [4.78, 5) is 42.8. The summed E-state index contributed by atoms with van der Waals surface area (Å²) in [5.74, 6) is -2.30. The lowest BCUT2D eigenvalue weighted by Gasteiger charge is -2.46. The fraction of sp³-hybridized carbons (Fsp3) is 0.533. The number of hydrogen-bond donors (Lipinski definition) is 2. The quantitative estimate of drug-likeness (QED) is 0.188. The number of morpholine rings is 1. The fourth-order valence-electron chi connectivity index (χ4n) is 6.55. The molecule has 58 heavy (non-hydrogen) atoms. The fourth-order valence-corrected chi connectivity index (χ4v) is 8.01. The molecule has 2 N–H and O–H groups in total. The molecule has 1 unspecified atom stereocenters. The number of nitrogens with zero attached hydrogens (tertiary/aromatic N) is 1. The van der Waals surface area contributed by atoms with Gasteiger partial charge >= 0.3 is 12.2 Å². The van der Waals surface area contributed by atoms with Gasteiger partial charge in [0.05, 0.1) is 25.3 Å². The van der Waals surface area contributed by atoms with Crippen LogP contribution in [-0.2, 0) is 25.4 Å². The summed E-state index contributed by atoms with van der Waals surface area (Å²) < 4.78 is 62.1. The number of hydrogen-bond acceptors (Lipinski definition) is 6. The van der Waals surface area contributed by atoms with Gasteiger partial charge in [0.15, 0.2) is 0 Å². The molecule has 3 aromatic rings. The maximum absolute atomic E-state index is 15.8. The molecule has 1 fully saturated rings. The average molecular weight is 830 g/mol. The minimum Gasteiger partial charge on any atom is -0.444 e. The molecule has 9 nitrogen and oxygen atoms in total. The Labute approximate surface area is 344 Å². The van der Waals surface area contributed by atoms with E-state index >= 15 is 4.39 Å². The Balaban J connectivity index is 1.64. The molecular formula is C45H62F3N3O6S. The summed E-state index contributed by atoms with van der Waals surface area (Å²) in [7, 11) is -1.00. The van der Waals surface area contributed by atoms with Gasteiger partial charge in [-0.15, -0.1) is 0 Å². The van der Waals surface area contributed by atoms with Gasteiger partial charge in [0, 0.05) is 17.2 Å². The Hall–Kier alpha value is -4.23. The molecule has 0 saturated carbocycles. The minimum absolute atomic E-state index is 0.122. The number of halogens is 3. The highest BCUT2D eigenvalue weighted by molar-refractivity contribution is 8.33. The van der Waals surface area contributed by atoms with Crippen LogP contribution in [0.5, 0.6) is 0 Å². The van der Waals surface area contributed by atoms with Gasteiger partial charge < -0.3 is 29.7 Å². The van der Waals surface area contributed by atoms with Gasteiger partial charge in [-0.1, -0.05) is 51.1 Å². The molecule has 1 aliphatic heterocycles. The zero-order chi connectivity index (χ0) is 43.2. The van der Waals surface area contributed by atoms with E-state index in [0.29, 0.717) is 24.1 Å². The third-order valence-electron chi connectivity index (χ3n) is 10.3. The topological polar surface area (TPSA) is 106 Å². The molecule has 3 aromatic carbocycles. The lowest BCUT2D eigenvalue weighted by atomic mass is 9.84. The Bertz CT molecular complexity index is 1830. The van der Waals surface area contributed by atoms with Crippen LogP contribution in [0.15, 0.2) is 66.7 Å². The summed E-state index contributed by atoms with van der Waals surface area (Å²) in [6.45, 7) is 17.8. The molecule has 3 amide bonds. The van der Waals surface area contributed by atoms with E-state index < -0.39 is 74.8 Å². The molecule has 1 heterocycles. The van der Waals surface area contributed by atoms with Crippen LogP contribution in [0.1, 0.15) is 97.8 Å². The monoisotopic (exact) mass is 829 g/mol. The maximum atomic E-state index is 15.8. The highest BCUT2D eigenvalue weighted by Gasteiger charge is 2.37. The molecule has 4 rings (SSSR count). The number of nitrogens with one attached hydrogen (secondary N) is 2. The van der Waals surface area contributed by atoms with Crippen molar-refractivity contribution in [2.75, 3.05) is 36.7 Å². The highest BCUT2D eigenvalue weighted by atomic mass is 32.3. The molecule has 0 spiro atoms. The summed E-state index contributed by atoms with van der Waals surface area (Å²) in [6, 6.07) is 13.8. The predicted octanol–water partition coefficient (Wildman–Crippen LogP) is 9.96. The second-order valence-corrected chi connectivity index (χ2v) is 23.1. The summed E-state index contributed by atoms with van der Waals surface area (Å²) in [5, 5.41) is 5.53. The molecule has 3 atom stereocenters. The Morgan fingerprint density at radius 1 is 0.776 bits per heavy atom. The third-order valence-corrected chi connectivity index (χ3v) is 14.9. The second-order valence-electron chi connectivity index (χ2n) is 18.4. The smallest absolute Gasteiger partial charge is 0.410 e. The maximum Gasteiger partial charge on any atom is 0.410 e. The van der Waals surface area contributed by atoms with E-state index in [9.17, 15) is 23.2 Å². The first kappa shape index (κ1) is 46.5. The number of carbonyl (C=O) groups excluding carboxylic acids is 3. The van der Waals surface area contributed by atoms with Crippen molar-refractivity contribution in [1.82, 2.24) is 10.2 Å². The van der Waals surface area contributed by atoms with E-state index in [4.69, 9.17) is 14.2 Å². The number of rotatable bonds is 12. The van der Waals surface area contributed by atoms with Crippen molar-refractivity contribution in [2.24, 2.45) is 0 Å². The molecule has 0 radical (unpaired) electrons. The van der Waals surface area contributed by atoms with Crippen LogP contribution < -0.4 is 10.6 Å². The van der Waals surface area contributed by atoms with Crippen molar-refractivity contribution in [3.8, 4) is 0 Å². The van der Waals surface area contributed by atoms with Gasteiger partial charge in [0.1, 0.15) is 34.7 Å². The highest BCUT2D eigenvalue weighted by Crippen LogP contribution is 2.53. The van der Waals surface area contributed by atoms with Crippen LogP contribution in [0.3, 0.4) is 0 Å². The Morgan fingerprint density at radius 3 is 1.79 bits per heavy atom. The number of alkyl carbamates (subject to hydrolysis) is 1. The lowest BCUT2D eigenvalue weighted by molar-refractivity contribution is -0.118. The van der Waals surface area contributed by atoms with Crippen LogP contribution in [0.2, 0.25) is 0 Å². The van der Waals surface area contributed by atoms with Gasteiger partial charge in [0.25, 0.3) is 0 Å². The van der Waals surface area contributed by atoms with Crippen molar-refractivity contribution in [3.05, 3.63) is 101 Å². The van der Waals surface area contributed by atoms with Crippen molar-refractivity contribution >= 4 is 33.8 Å². The van der Waals surface area contributed by atoms with E-state index in [1.54, 1.807) is 31.7 Å². The average Bonchev–Trinajstić information content (AvgIpc) is 3.09. The molecule has 13 heteroatoms. The standard InChI is InChI=1S/C45H62F3N3O6S/c1-43(2,3)56-41(53)50-39(38(29-15-19-31(46)20-16-29)30-17-21-32(47)22-18-30)40(52)49-37-14-12-13-36(48)35(37)24-23-33-27-51(42(54)57-44(4,5)6)28-34(55-33)25-26-58(10,11)45(7,8)9/h12-22,33-34,38-39H,23-28H2,1-11H3,(H,49,52)(H,50,53)/t33-,34-,39?/m1/s1. The molecule has 1 aliphatic rings. The SMILES string of the molecule is CC(C)(C)OC(=O)NC(C(=O)Nc1cccc(F)c1CC[C@@H]1CN(C(=O)OC(C)(C)C)C[C@@H](CCS(C)(C)C(C)(C)C)O1)C(c1ccc(F)cc1)c1ccc(F)cc1. The van der Waals surface area contributed by atoms with Gasteiger partial charge in [-0.2, -0.15) is 0 Å². The third kappa shape index (κ3) is 13.4. The lowest BCUT2D eigenvalue weighted by Crippen LogP contribution is -2.51. The number of benzene rings is 3. The number of amides is 3. The van der Waals surface area contributed by atoms with Crippen molar-refractivity contribution in [3.63, 3.8) is 0 Å². The molecule has 1 saturated heterocycles. The minimum atomic E-state index is -1.38. The largest absolute Gasteiger partial charge is 0.444 e. The van der Waals surface area contributed by atoms with Crippen LogP contribution in [0, 0.1) is 17.5 Å². The zero-order valence-corrected chi connectivity index (χ0v) is 36.7. The van der Waals surface area contributed by atoms with Gasteiger partial charge in [-0.05, 0) is 131 Å². The van der Waals surface area contributed by atoms with E-state index in [-0.39, 0.29) is 35.1 Å². The first-order valence-electron chi connectivity index (χ1n) is 19.7. The summed E-state index contributed by atoms with van der Waals surface area (Å²) in [5.41, 5.74) is -0.318. The number of ether oxygens (including phenoxy) is 3. The van der Waals surface area contributed by atoms with Crippen molar-refractivity contribution in [1.29, 1.82) is 0 Å². The zero-order valence-electron chi connectivity index (χ0n) is 35.8. The molecule has 0 aliphatic carbocycles. The van der Waals surface area contributed by atoms with E-state index in [2.05, 4.69) is 43.9 Å². The first-order chi connectivity index (χ1) is 26.8. The Morgan fingerprint density at radius 2 is 1.29 bits per heavy atom. The van der Waals surface area contributed by atoms with E-state index in [1.165, 1.54) is 60.7 Å². The van der Waals surface area contributed by atoms with Crippen molar-refractivity contribution < 1.29 is 41.8 Å². The van der Waals surface area contributed by atoms with E-state index in [0.717, 1.165) is 12.2 Å². The Kier molecular flexibility index (Phi) is 15.0. The van der Waals surface area contributed by atoms with Gasteiger partial charge in [-0.3, -0.25) is 4.79 Å². The molecule has 0 bridgehead atoms. The van der Waals surface area contributed by atoms with Gasteiger partial charge in [0.2, 0.25) is 5.91 Å². The van der Waals surface area contributed by atoms with E-state index in [1.807, 2.05) is 20.8 Å². The number of carbonyl (C=O) groups is 3. The summed E-state index contributed by atoms with van der Waals surface area (Å²) in [6.07, 6.45) is 3.78. The van der Waals surface area contributed by atoms with Crippen LogP contribution in [-0.4, -0.2) is 88.5 Å². The number of anilines is 1. The van der Waals surface area contributed by atoms with Crippen molar-refractivity contribution in [2.45, 2.75) is 122 Å². The predicted molar refractivity (Wildman–Crippen MR) is 226 cm³/mol. The first-order valence-corrected chi connectivity index (χ1v) is 22.4. The molecule has 0 aromatic heterocycles. The van der Waals surface area contributed by atoms with Gasteiger partial charge in [-0.25, -0.2) is 32.8 Å². The van der Waals surface area contributed by atoms with Crippen LogP contribution in [0.25, 0.3) is 0 Å².